The summed E-state index contributed by atoms with van der Waals surface area (Å²) in [4.78, 5) is 27.2. The van der Waals surface area contributed by atoms with Gasteiger partial charge in [-0.25, -0.2) is 0 Å². The van der Waals surface area contributed by atoms with Crippen LogP contribution in [0.25, 0.3) is 0 Å². The van der Waals surface area contributed by atoms with Gasteiger partial charge in [0.25, 0.3) is 0 Å². The molecule has 0 unspecified atom stereocenters. The van der Waals surface area contributed by atoms with Crippen LogP contribution in [0.2, 0.25) is 0 Å². The Morgan fingerprint density at radius 3 is 2.47 bits per heavy atom. The molecule has 0 radical (unpaired) electrons. The van der Waals surface area contributed by atoms with E-state index >= 15 is 0 Å². The van der Waals surface area contributed by atoms with Crippen molar-refractivity contribution in [2.45, 2.75) is 58.3 Å². The minimum absolute atomic E-state index is 0.154. The lowest BCUT2D eigenvalue weighted by atomic mass is 10.0. The average molecular weight is 408 g/mol. The Morgan fingerprint density at radius 2 is 1.80 bits per heavy atom. The second-order valence-corrected chi connectivity index (χ2v) is 9.21. The van der Waals surface area contributed by atoms with E-state index < -0.39 is 11.7 Å². The molecule has 0 N–H and O–H groups in total. The largest absolute Gasteiger partial charge is 0.479 e. The summed E-state index contributed by atoms with van der Waals surface area (Å²) in [6.07, 6.45) is 1.71. The molecule has 2 aromatic carbocycles. The Kier molecular flexibility index (Phi) is 5.54. The molecule has 1 heterocycles. The van der Waals surface area contributed by atoms with Crippen molar-refractivity contribution in [2.24, 2.45) is 5.92 Å². The number of fused-ring (bicyclic) bond motifs is 1. The van der Waals surface area contributed by atoms with E-state index in [9.17, 15) is 9.59 Å². The normalized spacial score (nSPS) is 18.4. The van der Waals surface area contributed by atoms with Crippen LogP contribution in [0, 0.1) is 5.92 Å². The molecule has 5 nitrogen and oxygen atoms in total. The van der Waals surface area contributed by atoms with E-state index in [0.29, 0.717) is 18.8 Å². The molecule has 30 heavy (non-hydrogen) atoms. The Labute approximate surface area is 178 Å². The predicted molar refractivity (Wildman–Crippen MR) is 116 cm³/mol. The standard InChI is InChI=1S/C25H29NO4/c1-25(2,3)30-23(27)14-18-9-12-21-20(13-18)26(15-17-7-5-4-6-8-17)16-22(29-21)24(28)19-10-11-19/h4-9,12-13,19,22H,10-11,14-16H2,1-3H3/t22-/m1/s1. The van der Waals surface area contributed by atoms with Crippen LogP contribution in [-0.4, -0.2) is 30.0 Å². The van der Waals surface area contributed by atoms with Crippen LogP contribution in [0.4, 0.5) is 5.69 Å². The summed E-state index contributed by atoms with van der Waals surface area (Å²) >= 11 is 0. The maximum Gasteiger partial charge on any atom is 0.310 e. The van der Waals surface area contributed by atoms with Crippen LogP contribution in [0.1, 0.15) is 44.7 Å². The van der Waals surface area contributed by atoms with Gasteiger partial charge in [-0.1, -0.05) is 36.4 Å². The fraction of sp³-hybridized carbons (Fsp3) is 0.440. The quantitative estimate of drug-likeness (QED) is 0.668. The number of nitrogens with zero attached hydrogens (tertiary/aromatic N) is 1. The van der Waals surface area contributed by atoms with Gasteiger partial charge in [0.15, 0.2) is 11.9 Å². The van der Waals surface area contributed by atoms with Gasteiger partial charge in [0.05, 0.1) is 18.7 Å². The van der Waals surface area contributed by atoms with E-state index in [0.717, 1.165) is 24.1 Å². The second kappa shape index (κ2) is 8.13. The Balaban J connectivity index is 1.58. The monoisotopic (exact) mass is 407 g/mol. The third-order valence-corrected chi connectivity index (χ3v) is 5.30. The third kappa shape index (κ3) is 5.02. The average Bonchev–Trinajstić information content (AvgIpc) is 3.52. The topological polar surface area (TPSA) is 55.8 Å². The molecule has 2 aromatic rings. The second-order valence-electron chi connectivity index (χ2n) is 9.21. The zero-order chi connectivity index (χ0) is 21.3. The zero-order valence-electron chi connectivity index (χ0n) is 17.9. The van der Waals surface area contributed by atoms with Crippen LogP contribution in [-0.2, 0) is 27.3 Å². The number of ketones is 1. The fourth-order valence-electron chi connectivity index (χ4n) is 3.79. The first-order valence-electron chi connectivity index (χ1n) is 10.6. The molecule has 158 valence electrons. The van der Waals surface area contributed by atoms with E-state index in [1.807, 2.05) is 57.2 Å². The van der Waals surface area contributed by atoms with E-state index in [1.54, 1.807) is 0 Å². The first-order valence-corrected chi connectivity index (χ1v) is 10.6. The highest BCUT2D eigenvalue weighted by Crippen LogP contribution is 2.39. The van der Waals surface area contributed by atoms with E-state index in [-0.39, 0.29) is 24.1 Å². The molecule has 1 saturated carbocycles. The molecule has 0 spiro atoms. The number of esters is 1. The number of carbonyl (C=O) groups is 2. The van der Waals surface area contributed by atoms with Gasteiger partial charge in [0, 0.05) is 12.5 Å². The number of carbonyl (C=O) groups excluding carboxylic acids is 2. The molecule has 0 bridgehead atoms. The summed E-state index contributed by atoms with van der Waals surface area (Å²) < 4.78 is 11.6. The van der Waals surface area contributed by atoms with Crippen molar-refractivity contribution in [3.8, 4) is 5.75 Å². The van der Waals surface area contributed by atoms with Gasteiger partial charge >= 0.3 is 5.97 Å². The molecular weight excluding hydrogens is 378 g/mol. The molecule has 1 aliphatic heterocycles. The maximum atomic E-state index is 12.7. The first kappa shape index (κ1) is 20.5. The fourth-order valence-corrected chi connectivity index (χ4v) is 3.79. The molecule has 1 fully saturated rings. The van der Waals surface area contributed by atoms with Gasteiger partial charge in [-0.05, 0) is 56.9 Å². The maximum absolute atomic E-state index is 12.7. The Bertz CT molecular complexity index is 928. The number of hydrogen-bond donors (Lipinski definition) is 0. The summed E-state index contributed by atoms with van der Waals surface area (Å²) in [6.45, 7) is 6.80. The predicted octanol–water partition coefficient (Wildman–Crippen LogP) is 4.32. The third-order valence-electron chi connectivity index (χ3n) is 5.30. The minimum atomic E-state index is -0.510. The van der Waals surface area contributed by atoms with Gasteiger partial charge < -0.3 is 14.4 Å². The van der Waals surface area contributed by atoms with Crippen molar-refractivity contribution in [3.63, 3.8) is 0 Å². The van der Waals surface area contributed by atoms with Crippen LogP contribution in [0.15, 0.2) is 48.5 Å². The van der Waals surface area contributed by atoms with Crippen molar-refractivity contribution in [3.05, 3.63) is 59.7 Å². The smallest absolute Gasteiger partial charge is 0.310 e. The highest BCUT2D eigenvalue weighted by Gasteiger charge is 2.39. The van der Waals surface area contributed by atoms with Crippen LogP contribution in [0.3, 0.4) is 0 Å². The van der Waals surface area contributed by atoms with Crippen molar-refractivity contribution < 1.29 is 19.1 Å². The SMILES string of the molecule is CC(C)(C)OC(=O)Cc1ccc2c(c1)N(Cc1ccccc1)C[C@H](C(=O)C1CC1)O2. The number of hydrogen-bond acceptors (Lipinski definition) is 5. The lowest BCUT2D eigenvalue weighted by Gasteiger charge is -2.36. The Hall–Kier alpha value is -2.82. The molecule has 0 saturated heterocycles. The highest BCUT2D eigenvalue weighted by atomic mass is 16.6. The van der Waals surface area contributed by atoms with E-state index in [4.69, 9.17) is 9.47 Å². The summed E-state index contributed by atoms with van der Waals surface area (Å²) in [5.41, 5.74) is 2.45. The van der Waals surface area contributed by atoms with Gasteiger partial charge in [0.2, 0.25) is 0 Å². The van der Waals surface area contributed by atoms with Gasteiger partial charge in [-0.15, -0.1) is 0 Å². The number of anilines is 1. The minimum Gasteiger partial charge on any atom is -0.479 e. The van der Waals surface area contributed by atoms with Gasteiger partial charge in [-0.2, -0.15) is 0 Å². The number of Topliss-reactive ketones (excluding diaryl/α,β-unsaturated/α-hetero) is 1. The lowest BCUT2D eigenvalue weighted by Crippen LogP contribution is -2.44. The first-order chi connectivity index (χ1) is 14.3. The van der Waals surface area contributed by atoms with Crippen LogP contribution < -0.4 is 9.64 Å². The van der Waals surface area contributed by atoms with Gasteiger partial charge in [0.1, 0.15) is 11.4 Å². The number of benzene rings is 2. The van der Waals surface area contributed by atoms with Crippen LogP contribution >= 0.6 is 0 Å². The molecule has 4 rings (SSSR count). The summed E-state index contributed by atoms with van der Waals surface area (Å²) in [5, 5.41) is 0. The molecular formula is C25H29NO4. The molecule has 0 amide bonds. The highest BCUT2D eigenvalue weighted by molar-refractivity contribution is 5.89. The van der Waals surface area contributed by atoms with Gasteiger partial charge in [-0.3, -0.25) is 9.59 Å². The molecule has 2 aliphatic rings. The number of ether oxygens (including phenoxy) is 2. The zero-order valence-corrected chi connectivity index (χ0v) is 17.9. The molecule has 1 atom stereocenters. The van der Waals surface area contributed by atoms with Crippen molar-refractivity contribution >= 4 is 17.4 Å². The summed E-state index contributed by atoms with van der Waals surface area (Å²) in [7, 11) is 0. The van der Waals surface area contributed by atoms with E-state index in [1.165, 1.54) is 5.56 Å². The molecule has 1 aliphatic carbocycles. The Morgan fingerprint density at radius 1 is 1.07 bits per heavy atom. The van der Waals surface area contributed by atoms with Crippen molar-refractivity contribution in [1.82, 2.24) is 0 Å². The number of rotatable bonds is 6. The van der Waals surface area contributed by atoms with Crippen LogP contribution in [0.5, 0.6) is 5.75 Å². The molecule has 0 aromatic heterocycles. The van der Waals surface area contributed by atoms with Crippen molar-refractivity contribution in [1.29, 1.82) is 0 Å². The van der Waals surface area contributed by atoms with Crippen molar-refractivity contribution in [2.75, 3.05) is 11.4 Å². The lowest BCUT2D eigenvalue weighted by molar-refractivity contribution is -0.153. The van der Waals surface area contributed by atoms with E-state index in [2.05, 4.69) is 17.0 Å². The summed E-state index contributed by atoms with van der Waals surface area (Å²) in [5.74, 6) is 0.804. The summed E-state index contributed by atoms with van der Waals surface area (Å²) in [6, 6.07) is 15.9. The molecule has 5 heteroatoms.